The van der Waals surface area contributed by atoms with Gasteiger partial charge in [0.25, 0.3) is 0 Å². The van der Waals surface area contributed by atoms with Crippen LogP contribution in [0.1, 0.15) is 25.0 Å². The van der Waals surface area contributed by atoms with Crippen molar-refractivity contribution in [3.8, 4) is 0 Å². The minimum absolute atomic E-state index is 0.136. The van der Waals surface area contributed by atoms with Crippen molar-refractivity contribution in [1.29, 1.82) is 0 Å². The summed E-state index contributed by atoms with van der Waals surface area (Å²) in [6, 6.07) is 3.73. The van der Waals surface area contributed by atoms with Gasteiger partial charge < -0.3 is 5.11 Å². The summed E-state index contributed by atoms with van der Waals surface area (Å²) in [5, 5.41) is 9.30. The van der Waals surface area contributed by atoms with Gasteiger partial charge in [-0.05, 0) is 32.4 Å². The first-order chi connectivity index (χ1) is 6.68. The molecule has 1 rings (SSSR count). The van der Waals surface area contributed by atoms with E-state index < -0.39 is 22.9 Å². The van der Waals surface area contributed by atoms with Crippen LogP contribution in [0.3, 0.4) is 0 Å². The van der Waals surface area contributed by atoms with Gasteiger partial charge in [0.15, 0.2) is 0 Å². The van der Waals surface area contributed by atoms with E-state index in [4.69, 9.17) is 0 Å². The van der Waals surface area contributed by atoms with E-state index in [-0.39, 0.29) is 5.56 Å². The van der Waals surface area contributed by atoms with E-state index in [9.17, 15) is 18.3 Å². The molecule has 0 spiro atoms. The molecule has 84 valence electrons. The Balaban J connectivity index is 3.34. The fourth-order valence-electron chi connectivity index (χ4n) is 1.22. The molecule has 0 amide bonds. The normalized spacial score (nSPS) is 13.0. The van der Waals surface area contributed by atoms with Crippen molar-refractivity contribution in [1.82, 2.24) is 0 Å². The molecule has 0 heterocycles. The molecule has 0 aliphatic rings. The van der Waals surface area contributed by atoms with Crippen molar-refractivity contribution < 1.29 is 18.3 Å². The SMILES string of the molecule is Cc1cccc(C(F)(F)C(C)(C)O)c1F. The fraction of sp³-hybridized carbons (Fsp3) is 0.455. The molecule has 0 bridgehead atoms. The number of rotatable bonds is 2. The molecule has 1 aromatic carbocycles. The van der Waals surface area contributed by atoms with Crippen LogP contribution in [-0.2, 0) is 5.92 Å². The average Bonchev–Trinajstić information content (AvgIpc) is 2.07. The number of benzene rings is 1. The highest BCUT2D eigenvalue weighted by Crippen LogP contribution is 2.40. The first-order valence-corrected chi connectivity index (χ1v) is 4.53. The maximum atomic E-state index is 13.6. The van der Waals surface area contributed by atoms with Gasteiger partial charge in [-0.15, -0.1) is 0 Å². The highest BCUT2D eigenvalue weighted by molar-refractivity contribution is 5.30. The van der Waals surface area contributed by atoms with Crippen LogP contribution < -0.4 is 0 Å². The predicted molar refractivity (Wildman–Crippen MR) is 51.3 cm³/mol. The Hall–Kier alpha value is -1.03. The van der Waals surface area contributed by atoms with Crippen LogP contribution in [0.15, 0.2) is 18.2 Å². The van der Waals surface area contributed by atoms with Crippen molar-refractivity contribution in [2.75, 3.05) is 0 Å². The summed E-state index contributed by atoms with van der Waals surface area (Å²) in [5.74, 6) is -4.58. The van der Waals surface area contributed by atoms with Gasteiger partial charge in [-0.1, -0.05) is 12.1 Å². The third-order valence-corrected chi connectivity index (χ3v) is 2.30. The molecule has 15 heavy (non-hydrogen) atoms. The van der Waals surface area contributed by atoms with Gasteiger partial charge in [-0.25, -0.2) is 4.39 Å². The molecule has 0 aliphatic heterocycles. The van der Waals surface area contributed by atoms with Crippen LogP contribution in [0.25, 0.3) is 0 Å². The molecular formula is C11H13F3O. The molecule has 0 aliphatic carbocycles. The van der Waals surface area contributed by atoms with Gasteiger partial charge in [0.2, 0.25) is 0 Å². The summed E-state index contributed by atoms with van der Waals surface area (Å²) in [4.78, 5) is 0. The van der Waals surface area contributed by atoms with E-state index >= 15 is 0 Å². The van der Waals surface area contributed by atoms with Gasteiger partial charge in [-0.2, -0.15) is 8.78 Å². The second kappa shape index (κ2) is 3.52. The van der Waals surface area contributed by atoms with Gasteiger partial charge in [0, 0.05) is 0 Å². The monoisotopic (exact) mass is 218 g/mol. The average molecular weight is 218 g/mol. The van der Waals surface area contributed by atoms with Crippen LogP contribution in [0.5, 0.6) is 0 Å². The molecule has 0 unspecified atom stereocenters. The lowest BCUT2D eigenvalue weighted by atomic mass is 9.92. The molecular weight excluding hydrogens is 205 g/mol. The summed E-state index contributed by atoms with van der Waals surface area (Å²) in [6.07, 6.45) is 0. The lowest BCUT2D eigenvalue weighted by Gasteiger charge is -2.29. The zero-order chi connectivity index (χ0) is 11.9. The summed E-state index contributed by atoms with van der Waals surface area (Å²) in [5.41, 5.74) is -2.92. The summed E-state index contributed by atoms with van der Waals surface area (Å²) < 4.78 is 40.7. The van der Waals surface area contributed by atoms with Crippen LogP contribution in [-0.4, -0.2) is 10.7 Å². The molecule has 0 aromatic heterocycles. The fourth-order valence-corrected chi connectivity index (χ4v) is 1.22. The van der Waals surface area contributed by atoms with E-state index in [1.54, 1.807) is 0 Å². The minimum Gasteiger partial charge on any atom is -0.384 e. The van der Waals surface area contributed by atoms with Crippen LogP contribution in [0.2, 0.25) is 0 Å². The number of aryl methyl sites for hydroxylation is 1. The molecule has 0 fully saturated rings. The number of halogens is 3. The number of alkyl halides is 2. The van der Waals surface area contributed by atoms with Gasteiger partial charge in [0.05, 0.1) is 5.56 Å². The molecule has 4 heteroatoms. The predicted octanol–water partition coefficient (Wildman–Crippen LogP) is 3.00. The van der Waals surface area contributed by atoms with E-state index in [1.165, 1.54) is 19.1 Å². The second-order valence-corrected chi connectivity index (χ2v) is 4.07. The Morgan fingerprint density at radius 1 is 1.20 bits per heavy atom. The maximum absolute atomic E-state index is 13.6. The Morgan fingerprint density at radius 2 is 1.73 bits per heavy atom. The number of aliphatic hydroxyl groups is 1. The van der Waals surface area contributed by atoms with Crippen molar-refractivity contribution in [2.45, 2.75) is 32.3 Å². The largest absolute Gasteiger partial charge is 0.384 e. The lowest BCUT2D eigenvalue weighted by molar-refractivity contribution is -0.170. The van der Waals surface area contributed by atoms with E-state index in [0.717, 1.165) is 19.9 Å². The Bertz CT molecular complexity index is 367. The zero-order valence-electron chi connectivity index (χ0n) is 8.81. The highest BCUT2D eigenvalue weighted by Gasteiger charge is 2.48. The van der Waals surface area contributed by atoms with Crippen molar-refractivity contribution in [3.63, 3.8) is 0 Å². The molecule has 1 aromatic rings. The first kappa shape index (κ1) is 12.0. The minimum atomic E-state index is -3.61. The Labute approximate surface area is 86.5 Å². The second-order valence-electron chi connectivity index (χ2n) is 4.07. The first-order valence-electron chi connectivity index (χ1n) is 4.53. The zero-order valence-corrected chi connectivity index (χ0v) is 8.81. The number of hydrogen-bond acceptors (Lipinski definition) is 1. The maximum Gasteiger partial charge on any atom is 0.303 e. The van der Waals surface area contributed by atoms with Crippen LogP contribution in [0, 0.1) is 12.7 Å². The van der Waals surface area contributed by atoms with E-state index in [2.05, 4.69) is 0 Å². The topological polar surface area (TPSA) is 20.2 Å². The van der Waals surface area contributed by atoms with Gasteiger partial charge in [-0.3, -0.25) is 0 Å². The highest BCUT2D eigenvalue weighted by atomic mass is 19.3. The van der Waals surface area contributed by atoms with Crippen molar-refractivity contribution in [2.24, 2.45) is 0 Å². The molecule has 1 nitrogen and oxygen atoms in total. The molecule has 0 atom stereocenters. The molecule has 0 radical (unpaired) electrons. The number of hydrogen-bond donors (Lipinski definition) is 1. The molecule has 0 saturated carbocycles. The van der Waals surface area contributed by atoms with Crippen LogP contribution in [0.4, 0.5) is 13.2 Å². The molecule has 1 N–H and O–H groups in total. The Morgan fingerprint density at radius 3 is 2.20 bits per heavy atom. The summed E-state index contributed by atoms with van der Waals surface area (Å²) >= 11 is 0. The van der Waals surface area contributed by atoms with Crippen LogP contribution >= 0.6 is 0 Å². The smallest absolute Gasteiger partial charge is 0.303 e. The lowest BCUT2D eigenvalue weighted by Crippen LogP contribution is -2.40. The van der Waals surface area contributed by atoms with Gasteiger partial charge in [0.1, 0.15) is 11.4 Å². The summed E-state index contributed by atoms with van der Waals surface area (Å²) in [6.45, 7) is 3.31. The van der Waals surface area contributed by atoms with Crippen molar-refractivity contribution >= 4 is 0 Å². The molecule has 0 saturated heterocycles. The van der Waals surface area contributed by atoms with E-state index in [0.29, 0.717) is 0 Å². The van der Waals surface area contributed by atoms with Gasteiger partial charge >= 0.3 is 5.92 Å². The third kappa shape index (κ3) is 2.00. The third-order valence-electron chi connectivity index (χ3n) is 2.30. The summed E-state index contributed by atoms with van der Waals surface area (Å²) in [7, 11) is 0. The quantitative estimate of drug-likeness (QED) is 0.809. The van der Waals surface area contributed by atoms with Crippen molar-refractivity contribution in [3.05, 3.63) is 35.1 Å². The van der Waals surface area contributed by atoms with E-state index in [1.807, 2.05) is 0 Å². The Kier molecular flexibility index (Phi) is 2.83. The standard InChI is InChI=1S/C11H13F3O/c1-7-5-4-6-8(9(7)12)11(13,14)10(2,3)15/h4-6,15H,1-3H3.